The smallest absolute Gasteiger partial charge is 0.306 e. The lowest BCUT2D eigenvalue weighted by Gasteiger charge is -2.18. The predicted molar refractivity (Wildman–Crippen MR) is 289 cm³/mol. The molecule has 1 unspecified atom stereocenters. The van der Waals surface area contributed by atoms with Gasteiger partial charge in [-0.05, 0) is 31.1 Å². The van der Waals surface area contributed by atoms with E-state index >= 15 is 0 Å². The van der Waals surface area contributed by atoms with Crippen LogP contribution < -0.4 is 0 Å². The van der Waals surface area contributed by atoms with Gasteiger partial charge in [-0.25, -0.2) is 0 Å². The van der Waals surface area contributed by atoms with Crippen LogP contribution in [0.4, 0.5) is 0 Å². The Morgan fingerprint density at radius 3 is 0.851 bits per heavy atom. The van der Waals surface area contributed by atoms with Gasteiger partial charge in [0, 0.05) is 19.3 Å². The molecule has 0 heterocycles. The quantitative estimate of drug-likeness (QED) is 0.0343. The van der Waals surface area contributed by atoms with Crippen molar-refractivity contribution in [3.8, 4) is 0 Å². The molecular formula is C61H118O6. The highest BCUT2D eigenvalue weighted by Crippen LogP contribution is 2.19. The third-order valence-corrected chi connectivity index (χ3v) is 14.3. The van der Waals surface area contributed by atoms with E-state index in [1.807, 2.05) is 0 Å². The minimum atomic E-state index is -0.763. The summed E-state index contributed by atoms with van der Waals surface area (Å²) < 4.78 is 16.9. The van der Waals surface area contributed by atoms with E-state index in [-0.39, 0.29) is 31.1 Å². The first-order valence-electron chi connectivity index (χ1n) is 30.3. The van der Waals surface area contributed by atoms with Crippen molar-refractivity contribution < 1.29 is 28.6 Å². The van der Waals surface area contributed by atoms with Crippen LogP contribution in [0.3, 0.4) is 0 Å². The predicted octanol–water partition coefficient (Wildman–Crippen LogP) is 20.0. The Morgan fingerprint density at radius 1 is 0.313 bits per heavy atom. The van der Waals surface area contributed by atoms with E-state index < -0.39 is 6.10 Å². The molecule has 0 aromatic heterocycles. The molecule has 6 nitrogen and oxygen atoms in total. The monoisotopic (exact) mass is 947 g/mol. The number of hydrogen-bond acceptors (Lipinski definition) is 6. The van der Waals surface area contributed by atoms with E-state index in [4.69, 9.17) is 14.2 Å². The second kappa shape index (κ2) is 53.8. The van der Waals surface area contributed by atoms with Crippen LogP contribution in [0.5, 0.6) is 0 Å². The molecule has 0 aliphatic rings. The molecule has 0 saturated heterocycles. The first-order valence-corrected chi connectivity index (χ1v) is 30.3. The highest BCUT2D eigenvalue weighted by atomic mass is 16.6. The number of unbranched alkanes of at least 4 members (excludes halogenated alkanes) is 39. The number of esters is 3. The molecule has 0 radical (unpaired) electrons. The van der Waals surface area contributed by atoms with Gasteiger partial charge in [-0.3, -0.25) is 14.4 Å². The molecule has 0 aliphatic heterocycles. The van der Waals surface area contributed by atoms with Gasteiger partial charge in [0.05, 0.1) is 0 Å². The molecule has 0 N–H and O–H groups in total. The Balaban J connectivity index is 4.29. The summed E-state index contributed by atoms with van der Waals surface area (Å²) in [5.41, 5.74) is 0. The van der Waals surface area contributed by atoms with Crippen LogP contribution in [0.15, 0.2) is 0 Å². The maximum atomic E-state index is 12.9. The van der Waals surface area contributed by atoms with Crippen molar-refractivity contribution in [2.75, 3.05) is 13.2 Å². The van der Waals surface area contributed by atoms with Crippen LogP contribution >= 0.6 is 0 Å². The zero-order chi connectivity index (χ0) is 48.9. The van der Waals surface area contributed by atoms with Gasteiger partial charge >= 0.3 is 17.9 Å². The molecular weight excluding hydrogens is 829 g/mol. The number of hydrogen-bond donors (Lipinski definition) is 0. The largest absolute Gasteiger partial charge is 0.462 e. The van der Waals surface area contributed by atoms with Gasteiger partial charge in [-0.2, -0.15) is 0 Å². The lowest BCUT2D eigenvalue weighted by Crippen LogP contribution is -2.30. The van der Waals surface area contributed by atoms with E-state index in [0.717, 1.165) is 69.6 Å². The standard InChI is InChI=1S/C61H118O6/c1-6-8-9-10-11-12-13-14-15-19-22-25-31-36-41-46-51-59(62)65-54-58(55-66-60(63)52-47-42-37-32-28-27-30-35-40-45-50-57(5)7-2)67-61(64)53-48-43-38-33-26-23-20-17-16-18-21-24-29-34-39-44-49-56(3)4/h56-58H,6-55H2,1-5H3/t57?,58-/m0/s1. The first-order chi connectivity index (χ1) is 32.8. The second-order valence-corrected chi connectivity index (χ2v) is 21.7. The zero-order valence-corrected chi connectivity index (χ0v) is 46.0. The van der Waals surface area contributed by atoms with Crippen LogP contribution in [0.25, 0.3) is 0 Å². The molecule has 2 atom stereocenters. The Hall–Kier alpha value is -1.59. The summed E-state index contributed by atoms with van der Waals surface area (Å²) in [6.07, 6.45) is 58.0. The second-order valence-electron chi connectivity index (χ2n) is 21.7. The molecule has 398 valence electrons. The Bertz CT molecular complexity index is 1030. The summed E-state index contributed by atoms with van der Waals surface area (Å²) in [5, 5.41) is 0. The van der Waals surface area contributed by atoms with Gasteiger partial charge in [-0.15, -0.1) is 0 Å². The number of ether oxygens (including phenoxy) is 3. The highest BCUT2D eigenvalue weighted by molar-refractivity contribution is 5.71. The van der Waals surface area contributed by atoms with Crippen molar-refractivity contribution in [2.24, 2.45) is 11.8 Å². The van der Waals surface area contributed by atoms with Gasteiger partial charge in [-0.1, -0.05) is 304 Å². The molecule has 0 fully saturated rings. The van der Waals surface area contributed by atoms with E-state index in [9.17, 15) is 14.4 Å². The van der Waals surface area contributed by atoms with Crippen LogP contribution in [0, 0.1) is 11.8 Å². The maximum Gasteiger partial charge on any atom is 0.306 e. The number of carbonyl (C=O) groups is 3. The summed E-state index contributed by atoms with van der Waals surface area (Å²) in [7, 11) is 0. The molecule has 0 rings (SSSR count). The van der Waals surface area contributed by atoms with Crippen molar-refractivity contribution in [3.63, 3.8) is 0 Å². The van der Waals surface area contributed by atoms with Gasteiger partial charge in [0.1, 0.15) is 13.2 Å². The summed E-state index contributed by atoms with van der Waals surface area (Å²) in [5.74, 6) is 0.885. The minimum absolute atomic E-state index is 0.0624. The summed E-state index contributed by atoms with van der Waals surface area (Å²) >= 11 is 0. The molecule has 0 spiro atoms. The highest BCUT2D eigenvalue weighted by Gasteiger charge is 2.19. The Kier molecular flexibility index (Phi) is 52.5. The van der Waals surface area contributed by atoms with Crippen LogP contribution in [0.2, 0.25) is 0 Å². The first kappa shape index (κ1) is 65.4. The maximum absolute atomic E-state index is 12.9. The molecule has 67 heavy (non-hydrogen) atoms. The third kappa shape index (κ3) is 53.6. The zero-order valence-electron chi connectivity index (χ0n) is 46.0. The molecule has 0 amide bonds. The van der Waals surface area contributed by atoms with Gasteiger partial charge in [0.15, 0.2) is 6.10 Å². The summed E-state index contributed by atoms with van der Waals surface area (Å²) in [6, 6.07) is 0. The average Bonchev–Trinajstić information content (AvgIpc) is 3.31. The average molecular weight is 948 g/mol. The fourth-order valence-corrected chi connectivity index (χ4v) is 9.37. The minimum Gasteiger partial charge on any atom is -0.462 e. The van der Waals surface area contributed by atoms with E-state index in [1.54, 1.807) is 0 Å². The Morgan fingerprint density at radius 2 is 0.567 bits per heavy atom. The third-order valence-electron chi connectivity index (χ3n) is 14.3. The van der Waals surface area contributed by atoms with Crippen LogP contribution in [-0.2, 0) is 28.6 Å². The van der Waals surface area contributed by atoms with Crippen molar-refractivity contribution in [1.82, 2.24) is 0 Å². The normalized spacial score (nSPS) is 12.4. The molecule has 0 aromatic rings. The summed E-state index contributed by atoms with van der Waals surface area (Å²) in [4.78, 5) is 38.2. The van der Waals surface area contributed by atoms with E-state index in [0.29, 0.717) is 19.3 Å². The van der Waals surface area contributed by atoms with E-state index in [2.05, 4.69) is 34.6 Å². The van der Waals surface area contributed by atoms with Crippen molar-refractivity contribution >= 4 is 17.9 Å². The van der Waals surface area contributed by atoms with Crippen LogP contribution in [0.1, 0.15) is 343 Å². The molecule has 6 heteroatoms. The lowest BCUT2D eigenvalue weighted by molar-refractivity contribution is -0.167. The lowest BCUT2D eigenvalue weighted by atomic mass is 9.99. The topological polar surface area (TPSA) is 78.9 Å². The number of rotatable bonds is 55. The molecule has 0 bridgehead atoms. The Labute approximate surface area is 418 Å². The van der Waals surface area contributed by atoms with Crippen molar-refractivity contribution in [2.45, 2.75) is 349 Å². The van der Waals surface area contributed by atoms with Crippen LogP contribution in [-0.4, -0.2) is 37.2 Å². The molecule has 0 aliphatic carbocycles. The molecule has 0 saturated carbocycles. The van der Waals surface area contributed by atoms with Gasteiger partial charge in [0.25, 0.3) is 0 Å². The number of carbonyl (C=O) groups excluding carboxylic acids is 3. The van der Waals surface area contributed by atoms with Crippen molar-refractivity contribution in [1.29, 1.82) is 0 Å². The molecule has 0 aromatic carbocycles. The van der Waals surface area contributed by atoms with E-state index in [1.165, 1.54) is 231 Å². The van der Waals surface area contributed by atoms with Crippen molar-refractivity contribution in [3.05, 3.63) is 0 Å². The van der Waals surface area contributed by atoms with Gasteiger partial charge in [0.2, 0.25) is 0 Å². The SMILES string of the molecule is CCCCCCCCCCCCCCCCCCC(=O)OC[C@@H](COC(=O)CCCCCCCCCCCCC(C)CC)OC(=O)CCCCCCCCCCCCCCCCCCC(C)C. The fourth-order valence-electron chi connectivity index (χ4n) is 9.37. The fraction of sp³-hybridized carbons (Fsp3) is 0.951. The summed E-state index contributed by atoms with van der Waals surface area (Å²) in [6.45, 7) is 11.5. The van der Waals surface area contributed by atoms with Gasteiger partial charge < -0.3 is 14.2 Å².